The third-order valence-electron chi connectivity index (χ3n) is 11.0. The molecule has 5 aromatic carbocycles. The highest BCUT2D eigenvalue weighted by Gasteiger charge is 2.35. The molecule has 0 bridgehead atoms. The molecule has 2 aromatic heterocycles. The molecular weight excluding hydrogens is 649 g/mol. The molecule has 254 valence electrons. The molecule has 2 aliphatic rings. The number of hydrogen-bond acceptors (Lipinski definition) is 4. The highest BCUT2D eigenvalue weighted by molar-refractivity contribution is 7.26. The first-order chi connectivity index (χ1) is 24.8. The molecule has 0 aliphatic heterocycles. The molecule has 0 fully saturated rings. The topological polar surface area (TPSA) is 18.5 Å². The van der Waals surface area contributed by atoms with Crippen molar-refractivity contribution in [3.05, 3.63) is 72.8 Å². The van der Waals surface area contributed by atoms with Gasteiger partial charge in [-0.1, -0.05) is 151 Å². The van der Waals surface area contributed by atoms with Crippen LogP contribution in [0.15, 0.2) is 72.8 Å². The van der Waals surface area contributed by atoms with Crippen molar-refractivity contribution >= 4 is 64.4 Å². The fourth-order valence-electron chi connectivity index (χ4n) is 8.60. The van der Waals surface area contributed by atoms with Gasteiger partial charge in [-0.25, -0.2) is 0 Å². The summed E-state index contributed by atoms with van der Waals surface area (Å²) in [6, 6.07) is 27.2. The summed E-state index contributed by atoms with van der Waals surface area (Å²) in [5.41, 5.74) is 8.07. The van der Waals surface area contributed by atoms with E-state index in [4.69, 9.17) is 9.47 Å². The molecule has 0 saturated carbocycles. The van der Waals surface area contributed by atoms with E-state index in [0.717, 1.165) is 37.6 Å². The van der Waals surface area contributed by atoms with Crippen LogP contribution in [-0.4, -0.2) is 13.2 Å². The molecule has 0 saturated heterocycles. The van der Waals surface area contributed by atoms with Crippen LogP contribution in [0.5, 0.6) is 11.5 Å². The van der Waals surface area contributed by atoms with Gasteiger partial charge in [0.1, 0.15) is 11.5 Å². The Kier molecular flexibility index (Phi) is 8.78. The Morgan fingerprint density at radius 2 is 0.800 bits per heavy atom. The van der Waals surface area contributed by atoms with Gasteiger partial charge in [0.2, 0.25) is 0 Å². The first kappa shape index (κ1) is 32.1. The predicted octanol–water partition coefficient (Wildman–Crippen LogP) is 15.2. The largest absolute Gasteiger partial charge is 0.491 e. The number of hydrogen-bond donors (Lipinski definition) is 0. The molecule has 9 rings (SSSR count). The van der Waals surface area contributed by atoms with Crippen LogP contribution in [0, 0.1) is 0 Å². The molecule has 0 radical (unpaired) electrons. The molecule has 0 unspecified atom stereocenters. The fourth-order valence-corrected chi connectivity index (χ4v) is 11.3. The molecule has 0 N–H and O–H groups in total. The molecule has 7 aromatic rings. The highest BCUT2D eigenvalue weighted by Crippen LogP contribution is 2.64. The molecule has 2 aliphatic carbocycles. The lowest BCUT2D eigenvalue weighted by atomic mass is 9.98. The first-order valence-electron chi connectivity index (χ1n) is 19.2. The molecule has 0 spiro atoms. The zero-order valence-corrected chi connectivity index (χ0v) is 31.1. The van der Waals surface area contributed by atoms with Gasteiger partial charge in [0.25, 0.3) is 0 Å². The van der Waals surface area contributed by atoms with Crippen molar-refractivity contribution in [2.24, 2.45) is 0 Å². The van der Waals surface area contributed by atoms with Gasteiger partial charge < -0.3 is 9.47 Å². The van der Waals surface area contributed by atoms with Crippen molar-refractivity contribution in [3.8, 4) is 54.6 Å². The van der Waals surface area contributed by atoms with Crippen molar-refractivity contribution in [2.45, 2.75) is 90.9 Å². The number of unbranched alkanes of at least 4 members (excludes halogenated alkanes) is 10. The Bertz CT molecular complexity index is 2200. The number of benzene rings is 5. The average molecular weight is 695 g/mol. The summed E-state index contributed by atoms with van der Waals surface area (Å²) in [7, 11) is 0. The maximum absolute atomic E-state index is 7.11. The van der Waals surface area contributed by atoms with E-state index >= 15 is 0 Å². The van der Waals surface area contributed by atoms with E-state index in [1.165, 1.54) is 149 Å². The normalized spacial score (nSPS) is 12.5. The van der Waals surface area contributed by atoms with Crippen molar-refractivity contribution in [2.75, 3.05) is 13.2 Å². The summed E-state index contributed by atoms with van der Waals surface area (Å²) in [6.45, 7) is 6.06. The highest BCUT2D eigenvalue weighted by atomic mass is 32.1. The minimum Gasteiger partial charge on any atom is -0.491 e. The number of thiophene rings is 2. The second-order valence-electron chi connectivity index (χ2n) is 14.3. The summed E-state index contributed by atoms with van der Waals surface area (Å²) in [6.07, 6.45) is 15.0. The van der Waals surface area contributed by atoms with E-state index in [1.54, 1.807) is 0 Å². The maximum Gasteiger partial charge on any atom is 0.146 e. The van der Waals surface area contributed by atoms with Gasteiger partial charge in [0, 0.05) is 42.8 Å². The van der Waals surface area contributed by atoms with Crippen LogP contribution in [0.3, 0.4) is 0 Å². The summed E-state index contributed by atoms with van der Waals surface area (Å²) < 4.78 is 16.7. The van der Waals surface area contributed by atoms with Crippen LogP contribution in [0.4, 0.5) is 0 Å². The van der Waals surface area contributed by atoms with E-state index in [0.29, 0.717) is 0 Å². The number of ether oxygens (including phenoxy) is 2. The first-order valence-corrected chi connectivity index (χ1v) is 20.8. The van der Waals surface area contributed by atoms with Crippen LogP contribution in [-0.2, 0) is 0 Å². The van der Waals surface area contributed by atoms with Gasteiger partial charge in [0.05, 0.1) is 22.6 Å². The molecule has 50 heavy (non-hydrogen) atoms. The monoisotopic (exact) mass is 694 g/mol. The van der Waals surface area contributed by atoms with Crippen LogP contribution < -0.4 is 9.47 Å². The Hall–Kier alpha value is -3.86. The molecule has 4 heteroatoms. The summed E-state index contributed by atoms with van der Waals surface area (Å²) >= 11 is 3.85. The summed E-state index contributed by atoms with van der Waals surface area (Å²) in [4.78, 5) is 2.72. The third kappa shape index (κ3) is 5.16. The molecule has 2 nitrogen and oxygen atoms in total. The van der Waals surface area contributed by atoms with Gasteiger partial charge >= 0.3 is 0 Å². The maximum atomic E-state index is 7.11. The van der Waals surface area contributed by atoms with E-state index in [9.17, 15) is 0 Å². The predicted molar refractivity (Wildman–Crippen MR) is 219 cm³/mol. The van der Waals surface area contributed by atoms with Gasteiger partial charge in [0.15, 0.2) is 0 Å². The van der Waals surface area contributed by atoms with Crippen LogP contribution >= 0.6 is 22.7 Å². The SMILES string of the molecule is CCCCCCCCOc1c2sc3c(c2c(OCCCCCCCC)c2sc4c(c12)-c1cccc2cccc-4c12)-c1cccc2cccc-3c12. The summed E-state index contributed by atoms with van der Waals surface area (Å²) in [5, 5.41) is 7.90. The van der Waals surface area contributed by atoms with Crippen molar-refractivity contribution in [1.29, 1.82) is 0 Å². The molecular formula is C46H46O2S2. The molecule has 0 atom stereocenters. The number of fused-ring (bicyclic) bond motifs is 10. The second kappa shape index (κ2) is 13.7. The van der Waals surface area contributed by atoms with E-state index in [1.807, 2.05) is 22.7 Å². The van der Waals surface area contributed by atoms with Gasteiger partial charge in [-0.05, 0) is 45.5 Å². The minimum atomic E-state index is 0.741. The smallest absolute Gasteiger partial charge is 0.146 e. The van der Waals surface area contributed by atoms with Gasteiger partial charge in [-0.15, -0.1) is 22.7 Å². The zero-order valence-electron chi connectivity index (χ0n) is 29.5. The molecule has 2 heterocycles. The van der Waals surface area contributed by atoms with Crippen LogP contribution in [0.25, 0.3) is 84.9 Å². The second-order valence-corrected chi connectivity index (χ2v) is 16.4. The summed E-state index contributed by atoms with van der Waals surface area (Å²) in [5.74, 6) is 2.14. The lowest BCUT2D eigenvalue weighted by Crippen LogP contribution is -2.01. The standard InChI is InChI=1S/C46H46O2S2/c1-3-5-7-9-11-13-27-47-41-39-37-31-23-15-19-29-21-17-25-33(35(29)31)43(37)50-46(39)42(48-28-14-12-10-8-6-4-2)40-38-32-24-16-20-30-22-18-26-34(36(30)32)44(38)49-45(40)41/h15-26H,3-14,27-28H2,1-2H3. The minimum absolute atomic E-state index is 0.741. The van der Waals surface area contributed by atoms with Crippen molar-refractivity contribution < 1.29 is 9.47 Å². The Labute approximate surface area is 304 Å². The van der Waals surface area contributed by atoms with E-state index < -0.39 is 0 Å². The Morgan fingerprint density at radius 1 is 0.420 bits per heavy atom. The lowest BCUT2D eigenvalue weighted by Gasteiger charge is -2.16. The molecule has 0 amide bonds. The van der Waals surface area contributed by atoms with Crippen LogP contribution in [0.2, 0.25) is 0 Å². The van der Waals surface area contributed by atoms with E-state index in [-0.39, 0.29) is 0 Å². The average Bonchev–Trinajstić information content (AvgIpc) is 3.89. The van der Waals surface area contributed by atoms with Crippen molar-refractivity contribution in [3.63, 3.8) is 0 Å². The zero-order chi connectivity index (χ0) is 33.6. The van der Waals surface area contributed by atoms with E-state index in [2.05, 4.69) is 86.6 Å². The Morgan fingerprint density at radius 3 is 1.22 bits per heavy atom. The third-order valence-corrected chi connectivity index (χ3v) is 13.5. The Balaban J connectivity index is 1.24. The van der Waals surface area contributed by atoms with Crippen LogP contribution in [0.1, 0.15) is 90.9 Å². The van der Waals surface area contributed by atoms with Gasteiger partial charge in [-0.3, -0.25) is 0 Å². The quantitative estimate of drug-likeness (QED) is 0.0938. The van der Waals surface area contributed by atoms with Crippen molar-refractivity contribution in [1.82, 2.24) is 0 Å². The number of rotatable bonds is 16. The van der Waals surface area contributed by atoms with Gasteiger partial charge in [-0.2, -0.15) is 0 Å². The lowest BCUT2D eigenvalue weighted by molar-refractivity contribution is 0.307. The fraction of sp³-hybridized carbons (Fsp3) is 0.348.